The van der Waals surface area contributed by atoms with Crippen molar-refractivity contribution in [2.75, 3.05) is 13.7 Å². The molecule has 23 heavy (non-hydrogen) atoms. The largest absolute Gasteiger partial charge is 0.497 e. The Hall–Kier alpha value is -2.54. The van der Waals surface area contributed by atoms with E-state index in [1.54, 1.807) is 49.6 Å². The highest BCUT2D eigenvalue weighted by atomic mass is 79.9. The van der Waals surface area contributed by atoms with Crippen LogP contribution in [0.3, 0.4) is 0 Å². The molecule has 6 nitrogen and oxygen atoms in total. The summed E-state index contributed by atoms with van der Waals surface area (Å²) in [4.78, 5) is 16.4. The van der Waals surface area contributed by atoms with E-state index in [4.69, 9.17) is 20.0 Å². The summed E-state index contributed by atoms with van der Waals surface area (Å²) < 4.78 is 11.2. The van der Waals surface area contributed by atoms with E-state index in [0.29, 0.717) is 17.1 Å². The number of rotatable bonds is 6. The van der Waals surface area contributed by atoms with E-state index in [1.807, 2.05) is 6.07 Å². The number of benzene rings is 2. The van der Waals surface area contributed by atoms with Gasteiger partial charge in [0.2, 0.25) is 0 Å². The van der Waals surface area contributed by atoms with Gasteiger partial charge in [0, 0.05) is 16.1 Å². The van der Waals surface area contributed by atoms with Crippen molar-refractivity contribution in [2.24, 2.45) is 10.9 Å². The van der Waals surface area contributed by atoms with Gasteiger partial charge in [-0.15, -0.1) is 0 Å². The SMILES string of the molecule is COc1cccc(OCC(=O)ON=C(N)c2cccc(Br)c2)c1. The average molecular weight is 379 g/mol. The maximum atomic E-state index is 11.6. The maximum absolute atomic E-state index is 11.6. The van der Waals surface area contributed by atoms with Gasteiger partial charge in [0.15, 0.2) is 12.4 Å². The Bertz CT molecular complexity index is 719. The summed E-state index contributed by atoms with van der Waals surface area (Å²) in [5.74, 6) is 0.560. The molecule has 2 aromatic carbocycles. The number of halogens is 1. The Morgan fingerprint density at radius 3 is 2.65 bits per heavy atom. The van der Waals surface area contributed by atoms with Crippen LogP contribution in [0, 0.1) is 0 Å². The van der Waals surface area contributed by atoms with Crippen LogP contribution in [0.5, 0.6) is 11.5 Å². The average Bonchev–Trinajstić information content (AvgIpc) is 2.58. The number of oxime groups is 1. The Balaban J connectivity index is 1.88. The van der Waals surface area contributed by atoms with E-state index < -0.39 is 5.97 Å². The predicted octanol–water partition coefficient (Wildman–Crippen LogP) is 2.70. The van der Waals surface area contributed by atoms with Gasteiger partial charge in [-0.25, -0.2) is 4.79 Å². The van der Waals surface area contributed by atoms with Crippen molar-refractivity contribution in [3.8, 4) is 11.5 Å². The van der Waals surface area contributed by atoms with Crippen molar-refractivity contribution in [1.29, 1.82) is 0 Å². The van der Waals surface area contributed by atoms with Crippen molar-refractivity contribution in [3.63, 3.8) is 0 Å². The van der Waals surface area contributed by atoms with E-state index in [1.165, 1.54) is 0 Å². The third-order valence-corrected chi connectivity index (χ3v) is 3.26. The van der Waals surface area contributed by atoms with Crippen molar-refractivity contribution >= 4 is 27.7 Å². The molecule has 2 rings (SSSR count). The van der Waals surface area contributed by atoms with Gasteiger partial charge in [-0.1, -0.05) is 39.3 Å². The van der Waals surface area contributed by atoms with Crippen molar-refractivity contribution in [2.45, 2.75) is 0 Å². The molecular formula is C16H15BrN2O4. The van der Waals surface area contributed by atoms with Gasteiger partial charge < -0.3 is 20.0 Å². The number of methoxy groups -OCH3 is 1. The van der Waals surface area contributed by atoms with Gasteiger partial charge in [0.1, 0.15) is 11.5 Å². The normalized spacial score (nSPS) is 11.0. The summed E-state index contributed by atoms with van der Waals surface area (Å²) in [5, 5.41) is 3.60. The Morgan fingerprint density at radius 1 is 1.17 bits per heavy atom. The minimum Gasteiger partial charge on any atom is -0.497 e. The number of ether oxygens (including phenoxy) is 2. The van der Waals surface area contributed by atoms with Gasteiger partial charge in [0.05, 0.1) is 7.11 Å². The lowest BCUT2D eigenvalue weighted by atomic mass is 10.2. The summed E-state index contributed by atoms with van der Waals surface area (Å²) in [5.41, 5.74) is 6.39. The predicted molar refractivity (Wildman–Crippen MR) is 89.4 cm³/mol. The smallest absolute Gasteiger partial charge is 0.372 e. The second-order valence-electron chi connectivity index (χ2n) is 4.42. The van der Waals surface area contributed by atoms with Crippen LogP contribution in [-0.4, -0.2) is 25.5 Å². The molecule has 2 N–H and O–H groups in total. The van der Waals surface area contributed by atoms with E-state index in [-0.39, 0.29) is 12.4 Å². The van der Waals surface area contributed by atoms with Crippen LogP contribution < -0.4 is 15.2 Å². The fourth-order valence-electron chi connectivity index (χ4n) is 1.66. The van der Waals surface area contributed by atoms with E-state index in [2.05, 4.69) is 21.1 Å². The quantitative estimate of drug-likeness (QED) is 0.361. The zero-order valence-electron chi connectivity index (χ0n) is 12.4. The molecule has 120 valence electrons. The summed E-state index contributed by atoms with van der Waals surface area (Å²) in [6.07, 6.45) is 0. The Morgan fingerprint density at radius 2 is 1.91 bits per heavy atom. The summed E-state index contributed by atoms with van der Waals surface area (Å²) >= 11 is 3.32. The molecule has 2 aromatic rings. The number of nitrogens with two attached hydrogens (primary N) is 1. The van der Waals surface area contributed by atoms with Gasteiger partial charge in [-0.3, -0.25) is 0 Å². The highest BCUT2D eigenvalue weighted by Gasteiger charge is 2.07. The van der Waals surface area contributed by atoms with Gasteiger partial charge in [-0.2, -0.15) is 0 Å². The topological polar surface area (TPSA) is 83.1 Å². The van der Waals surface area contributed by atoms with Gasteiger partial charge in [-0.05, 0) is 24.3 Å². The molecule has 0 aromatic heterocycles. The molecule has 0 saturated carbocycles. The van der Waals surface area contributed by atoms with Crippen LogP contribution in [0.1, 0.15) is 5.56 Å². The summed E-state index contributed by atoms with van der Waals surface area (Å²) in [6, 6.07) is 14.1. The third kappa shape index (κ3) is 5.30. The maximum Gasteiger partial charge on any atom is 0.372 e. The minimum atomic E-state index is -0.661. The fourth-order valence-corrected chi connectivity index (χ4v) is 2.06. The first-order valence-electron chi connectivity index (χ1n) is 6.64. The van der Waals surface area contributed by atoms with Crippen molar-refractivity contribution < 1.29 is 19.1 Å². The molecule has 0 amide bonds. The molecule has 0 heterocycles. The lowest BCUT2D eigenvalue weighted by molar-refractivity contribution is -0.146. The first kappa shape index (κ1) is 16.8. The molecule has 0 fully saturated rings. The van der Waals surface area contributed by atoms with E-state index >= 15 is 0 Å². The van der Waals surface area contributed by atoms with Crippen LogP contribution in [0.25, 0.3) is 0 Å². The lowest BCUT2D eigenvalue weighted by Crippen LogP contribution is -2.18. The molecule has 7 heteroatoms. The molecule has 0 radical (unpaired) electrons. The van der Waals surface area contributed by atoms with Crippen LogP contribution in [0.15, 0.2) is 58.2 Å². The number of amidine groups is 1. The second-order valence-corrected chi connectivity index (χ2v) is 5.33. The van der Waals surface area contributed by atoms with E-state index in [9.17, 15) is 4.79 Å². The minimum absolute atomic E-state index is 0.0982. The number of nitrogens with zero attached hydrogens (tertiary/aromatic N) is 1. The number of hydrogen-bond donors (Lipinski definition) is 1. The molecule has 0 aliphatic rings. The van der Waals surface area contributed by atoms with Crippen molar-refractivity contribution in [3.05, 3.63) is 58.6 Å². The Labute approximate surface area is 142 Å². The van der Waals surface area contributed by atoms with Crippen LogP contribution in [0.2, 0.25) is 0 Å². The van der Waals surface area contributed by atoms with Gasteiger partial charge in [0.25, 0.3) is 0 Å². The molecular weight excluding hydrogens is 364 g/mol. The summed E-state index contributed by atoms with van der Waals surface area (Å²) in [7, 11) is 1.55. The molecule has 0 atom stereocenters. The highest BCUT2D eigenvalue weighted by molar-refractivity contribution is 9.10. The number of hydrogen-bond acceptors (Lipinski definition) is 5. The lowest BCUT2D eigenvalue weighted by Gasteiger charge is -2.06. The zero-order chi connectivity index (χ0) is 16.7. The first-order chi connectivity index (χ1) is 11.1. The number of carbonyl (C=O) groups is 1. The molecule has 0 saturated heterocycles. The van der Waals surface area contributed by atoms with E-state index in [0.717, 1.165) is 4.47 Å². The summed E-state index contributed by atoms with van der Waals surface area (Å²) in [6.45, 7) is -0.289. The van der Waals surface area contributed by atoms with Crippen molar-refractivity contribution in [1.82, 2.24) is 0 Å². The molecule has 0 aliphatic carbocycles. The monoisotopic (exact) mass is 378 g/mol. The molecule has 0 aliphatic heterocycles. The number of carbonyl (C=O) groups excluding carboxylic acids is 1. The third-order valence-electron chi connectivity index (χ3n) is 2.76. The van der Waals surface area contributed by atoms with Crippen LogP contribution in [0.4, 0.5) is 0 Å². The first-order valence-corrected chi connectivity index (χ1v) is 7.44. The molecule has 0 bridgehead atoms. The fraction of sp³-hybridized carbons (Fsp3) is 0.125. The standard InChI is InChI=1S/C16H15BrN2O4/c1-21-13-6-3-7-14(9-13)22-10-15(20)23-19-16(18)11-4-2-5-12(17)8-11/h2-9H,10H2,1H3,(H2,18,19). The zero-order valence-corrected chi connectivity index (χ0v) is 13.9. The second kappa shape index (κ2) is 8.19. The van der Waals surface area contributed by atoms with Gasteiger partial charge >= 0.3 is 5.97 Å². The van der Waals surface area contributed by atoms with Crippen LogP contribution in [-0.2, 0) is 9.63 Å². The molecule has 0 spiro atoms. The molecule has 0 unspecified atom stereocenters. The highest BCUT2D eigenvalue weighted by Crippen LogP contribution is 2.18. The van der Waals surface area contributed by atoms with Crippen LogP contribution >= 0.6 is 15.9 Å². The Kier molecular flexibility index (Phi) is 5.99.